The van der Waals surface area contributed by atoms with Crippen LogP contribution in [0.1, 0.15) is 43.2 Å². The van der Waals surface area contributed by atoms with Crippen LogP contribution in [0.2, 0.25) is 0 Å². The van der Waals surface area contributed by atoms with Crippen LogP contribution < -0.4 is 24.5 Å². The Morgan fingerprint density at radius 3 is 2.43 bits per heavy atom. The van der Waals surface area contributed by atoms with E-state index in [0.717, 1.165) is 41.8 Å². The Balaban J connectivity index is 1.51. The maximum Gasteiger partial charge on any atom is 0.260 e. The van der Waals surface area contributed by atoms with Crippen molar-refractivity contribution in [3.8, 4) is 11.5 Å². The fourth-order valence-electron chi connectivity index (χ4n) is 4.04. The second-order valence-electron chi connectivity index (χ2n) is 9.00. The summed E-state index contributed by atoms with van der Waals surface area (Å²) in [6.45, 7) is 1.30. The number of nitrogens with zero attached hydrogens (tertiary/aromatic N) is 2. The number of hydrazone groups is 1. The van der Waals surface area contributed by atoms with Gasteiger partial charge in [0.05, 0.1) is 25.3 Å². The van der Waals surface area contributed by atoms with Crippen molar-refractivity contribution < 1.29 is 27.5 Å². The van der Waals surface area contributed by atoms with E-state index >= 15 is 0 Å². The molecule has 0 aromatic heterocycles. The van der Waals surface area contributed by atoms with Gasteiger partial charge >= 0.3 is 0 Å². The molecular weight excluding hydrogens is 496 g/mol. The van der Waals surface area contributed by atoms with Crippen molar-refractivity contribution in [2.75, 3.05) is 30.8 Å². The summed E-state index contributed by atoms with van der Waals surface area (Å²) in [7, 11) is -2.33. The summed E-state index contributed by atoms with van der Waals surface area (Å²) in [4.78, 5) is 24.6. The van der Waals surface area contributed by atoms with Crippen LogP contribution in [-0.4, -0.2) is 59.0 Å². The first-order valence-electron chi connectivity index (χ1n) is 12.1. The zero-order valence-corrected chi connectivity index (χ0v) is 22.2. The molecule has 0 aliphatic heterocycles. The first-order chi connectivity index (χ1) is 17.7. The summed E-state index contributed by atoms with van der Waals surface area (Å²) >= 11 is 0. The van der Waals surface area contributed by atoms with E-state index in [1.54, 1.807) is 42.5 Å². The highest BCUT2D eigenvalue weighted by Gasteiger charge is 2.24. The monoisotopic (exact) mass is 530 g/mol. The van der Waals surface area contributed by atoms with Gasteiger partial charge in [-0.05, 0) is 67.3 Å². The minimum absolute atomic E-state index is 0.0530. The molecule has 2 N–H and O–H groups in total. The number of carbonyl (C=O) groups excluding carboxylic acids is 2. The predicted octanol–water partition coefficient (Wildman–Crippen LogP) is 2.75. The van der Waals surface area contributed by atoms with Gasteiger partial charge in [0.2, 0.25) is 10.0 Å². The van der Waals surface area contributed by atoms with Crippen molar-refractivity contribution in [1.29, 1.82) is 0 Å². The summed E-state index contributed by atoms with van der Waals surface area (Å²) in [6, 6.07) is 12.2. The maximum atomic E-state index is 12.5. The van der Waals surface area contributed by atoms with Gasteiger partial charge in [0, 0.05) is 6.04 Å². The number of rotatable bonds is 11. The van der Waals surface area contributed by atoms with E-state index in [0.29, 0.717) is 17.1 Å². The van der Waals surface area contributed by atoms with Gasteiger partial charge in [-0.15, -0.1) is 0 Å². The molecule has 2 aromatic carbocycles. The van der Waals surface area contributed by atoms with Gasteiger partial charge in [-0.3, -0.25) is 13.9 Å². The summed E-state index contributed by atoms with van der Waals surface area (Å²) in [5, 5.41) is 6.92. The van der Waals surface area contributed by atoms with E-state index in [4.69, 9.17) is 9.47 Å². The van der Waals surface area contributed by atoms with Crippen LogP contribution in [0.4, 0.5) is 5.69 Å². The van der Waals surface area contributed by atoms with Gasteiger partial charge in [0.25, 0.3) is 11.8 Å². The molecule has 1 aliphatic rings. The van der Waals surface area contributed by atoms with Crippen LogP contribution >= 0.6 is 0 Å². The number of hydrogen-bond donors (Lipinski definition) is 2. The highest BCUT2D eigenvalue weighted by molar-refractivity contribution is 7.92. The average molecular weight is 531 g/mol. The van der Waals surface area contributed by atoms with E-state index in [1.807, 2.05) is 6.92 Å². The van der Waals surface area contributed by atoms with Crippen molar-refractivity contribution in [3.05, 3.63) is 53.6 Å². The molecule has 0 saturated heterocycles. The number of anilines is 1. The second-order valence-corrected chi connectivity index (χ2v) is 10.9. The Bertz CT molecular complexity index is 1210. The number of methoxy groups -OCH3 is 1. The lowest BCUT2D eigenvalue weighted by Crippen LogP contribution is -2.39. The smallest absolute Gasteiger partial charge is 0.260 e. The van der Waals surface area contributed by atoms with Crippen LogP contribution in [0.25, 0.3) is 0 Å². The third kappa shape index (κ3) is 8.78. The second kappa shape index (κ2) is 13.1. The molecule has 0 bridgehead atoms. The summed E-state index contributed by atoms with van der Waals surface area (Å²) in [5.74, 6) is 0.123. The van der Waals surface area contributed by atoms with Gasteiger partial charge in [0.1, 0.15) is 18.0 Å². The number of hydrogen-bond acceptors (Lipinski definition) is 7. The number of nitrogens with one attached hydrogen (secondary N) is 2. The van der Waals surface area contributed by atoms with Crippen LogP contribution in [0, 0.1) is 6.92 Å². The zero-order valence-electron chi connectivity index (χ0n) is 21.4. The normalized spacial score (nSPS) is 14.2. The largest absolute Gasteiger partial charge is 0.495 e. The van der Waals surface area contributed by atoms with E-state index < -0.39 is 22.5 Å². The fraction of sp³-hybridized carbons (Fsp3) is 0.423. The maximum absolute atomic E-state index is 12.5. The molecule has 1 fully saturated rings. The van der Waals surface area contributed by atoms with Crippen LogP contribution in [0.5, 0.6) is 11.5 Å². The molecule has 2 amide bonds. The SMILES string of the molecule is COc1ccc(C)cc1N(CC(=O)N/N=C\c1ccc(OCC(=O)NC2CCCCC2)cc1)S(C)(=O)=O. The first-order valence-corrected chi connectivity index (χ1v) is 14.0. The number of benzene rings is 2. The number of amides is 2. The Labute approximate surface area is 218 Å². The Hall–Kier alpha value is -3.60. The van der Waals surface area contributed by atoms with E-state index in [-0.39, 0.29) is 24.2 Å². The summed E-state index contributed by atoms with van der Waals surface area (Å²) in [5.41, 5.74) is 4.12. The molecule has 0 unspecified atom stereocenters. The summed E-state index contributed by atoms with van der Waals surface area (Å²) in [6.07, 6.45) is 8.00. The molecule has 2 aromatic rings. The lowest BCUT2D eigenvalue weighted by molar-refractivity contribution is -0.124. The van der Waals surface area contributed by atoms with Crippen molar-refractivity contribution >= 4 is 33.7 Å². The zero-order chi connectivity index (χ0) is 26.8. The van der Waals surface area contributed by atoms with Crippen molar-refractivity contribution in [3.63, 3.8) is 0 Å². The Morgan fingerprint density at radius 1 is 1.08 bits per heavy atom. The van der Waals surface area contributed by atoms with E-state index in [1.165, 1.54) is 19.7 Å². The molecule has 1 aliphatic carbocycles. The molecule has 0 radical (unpaired) electrons. The Kier molecular flexibility index (Phi) is 9.90. The number of carbonyl (C=O) groups is 2. The quantitative estimate of drug-likeness (QED) is 0.340. The molecule has 0 spiro atoms. The number of aryl methyl sites for hydroxylation is 1. The fourth-order valence-corrected chi connectivity index (χ4v) is 4.89. The lowest BCUT2D eigenvalue weighted by atomic mass is 9.95. The minimum atomic E-state index is -3.77. The molecule has 37 heavy (non-hydrogen) atoms. The van der Waals surface area contributed by atoms with Crippen LogP contribution in [0.3, 0.4) is 0 Å². The van der Waals surface area contributed by atoms with Crippen molar-refractivity contribution in [2.45, 2.75) is 45.1 Å². The predicted molar refractivity (Wildman–Crippen MR) is 143 cm³/mol. The van der Waals surface area contributed by atoms with Crippen molar-refractivity contribution in [1.82, 2.24) is 10.7 Å². The molecule has 1 saturated carbocycles. The number of sulfonamides is 1. The van der Waals surface area contributed by atoms with Crippen molar-refractivity contribution in [2.24, 2.45) is 5.10 Å². The molecule has 10 nitrogen and oxygen atoms in total. The lowest BCUT2D eigenvalue weighted by Gasteiger charge is -2.23. The van der Waals surface area contributed by atoms with Crippen LogP contribution in [-0.2, 0) is 19.6 Å². The molecule has 3 rings (SSSR count). The third-order valence-corrected chi connectivity index (χ3v) is 7.04. The van der Waals surface area contributed by atoms with Gasteiger partial charge < -0.3 is 14.8 Å². The molecule has 200 valence electrons. The molecule has 0 heterocycles. The topological polar surface area (TPSA) is 126 Å². The van der Waals surface area contributed by atoms with Gasteiger partial charge in [-0.1, -0.05) is 25.3 Å². The molecular formula is C26H34N4O6S. The average Bonchev–Trinajstić information content (AvgIpc) is 2.87. The number of ether oxygens (including phenoxy) is 2. The Morgan fingerprint density at radius 2 is 1.78 bits per heavy atom. The summed E-state index contributed by atoms with van der Waals surface area (Å²) < 4.78 is 36.6. The van der Waals surface area contributed by atoms with Gasteiger partial charge in [-0.2, -0.15) is 5.10 Å². The van der Waals surface area contributed by atoms with E-state index in [9.17, 15) is 18.0 Å². The van der Waals surface area contributed by atoms with E-state index in [2.05, 4.69) is 15.8 Å². The minimum Gasteiger partial charge on any atom is -0.495 e. The first kappa shape index (κ1) is 28.0. The van der Waals surface area contributed by atoms with Gasteiger partial charge in [-0.25, -0.2) is 13.8 Å². The third-order valence-electron chi connectivity index (χ3n) is 5.91. The van der Waals surface area contributed by atoms with Gasteiger partial charge in [0.15, 0.2) is 6.61 Å². The van der Waals surface area contributed by atoms with Crippen LogP contribution in [0.15, 0.2) is 47.6 Å². The standard InChI is InChI=1S/C26H34N4O6S/c1-19-9-14-24(35-2)23(15-19)30(37(3,33)34)17-25(31)29-27-16-20-10-12-22(13-11-20)36-18-26(32)28-21-7-5-4-6-8-21/h9-16,21H,4-8,17-18H2,1-3H3,(H,28,32)(H,29,31)/b27-16-. The molecule has 11 heteroatoms. The molecule has 0 atom stereocenters. The highest BCUT2D eigenvalue weighted by Crippen LogP contribution is 2.30. The highest BCUT2D eigenvalue weighted by atomic mass is 32.2.